The van der Waals surface area contributed by atoms with Gasteiger partial charge in [-0.2, -0.15) is 0 Å². The van der Waals surface area contributed by atoms with Crippen LogP contribution in [-0.2, 0) is 26.2 Å². The lowest BCUT2D eigenvalue weighted by molar-refractivity contribution is -0.136. The number of aliphatic hydroxyl groups excluding tert-OH is 1. The van der Waals surface area contributed by atoms with Gasteiger partial charge in [-0.3, -0.25) is 9.59 Å². The Hall–Kier alpha value is -5.17. The number of rotatable bonds is 5. The van der Waals surface area contributed by atoms with E-state index in [1.807, 2.05) is 63.2 Å². The third-order valence-electron chi connectivity index (χ3n) is 9.50. The lowest BCUT2D eigenvalue weighted by atomic mass is 9.72. The molecular weight excluding hydrogens is 630 g/mol. The molecule has 3 aliphatic heterocycles. The Morgan fingerprint density at radius 1 is 1.10 bits per heavy atom. The highest BCUT2D eigenvalue weighted by atomic mass is 16.5. The lowest BCUT2D eigenvalue weighted by Gasteiger charge is -2.31. The summed E-state index contributed by atoms with van der Waals surface area (Å²) in [7, 11) is 1.26. The number of para-hydroxylation sites is 1. The van der Waals surface area contributed by atoms with Gasteiger partial charge in [0.15, 0.2) is 23.4 Å². The topological polar surface area (TPSA) is 178 Å². The number of esters is 1. The number of nitrogens with zero attached hydrogens (tertiary/aromatic N) is 2. The van der Waals surface area contributed by atoms with Gasteiger partial charge in [-0.25, -0.2) is 14.8 Å². The monoisotopic (exact) mass is 669 g/mol. The van der Waals surface area contributed by atoms with Crippen molar-refractivity contribution in [2.75, 3.05) is 12.4 Å². The zero-order valence-corrected chi connectivity index (χ0v) is 28.1. The Morgan fingerprint density at radius 3 is 2.61 bits per heavy atom. The average molecular weight is 670 g/mol. The zero-order valence-electron chi connectivity index (χ0n) is 28.1. The Morgan fingerprint density at radius 2 is 1.88 bits per heavy atom. The van der Waals surface area contributed by atoms with Gasteiger partial charge in [0.25, 0.3) is 0 Å². The largest absolute Gasteiger partial charge is 0.469 e. The van der Waals surface area contributed by atoms with E-state index in [-0.39, 0.29) is 35.5 Å². The third kappa shape index (κ3) is 5.23. The van der Waals surface area contributed by atoms with E-state index in [9.17, 15) is 19.5 Å². The van der Waals surface area contributed by atoms with E-state index < -0.39 is 53.0 Å². The number of methoxy groups -OCH3 is 1. The normalized spacial score (nSPS) is 23.1. The molecule has 3 aliphatic rings. The number of oxazole rings is 2. The molecule has 7 rings (SSSR count). The molecule has 0 fully saturated rings. The second-order valence-corrected chi connectivity index (χ2v) is 14.2. The quantitative estimate of drug-likeness (QED) is 0.223. The van der Waals surface area contributed by atoms with E-state index in [2.05, 4.69) is 20.9 Å². The summed E-state index contributed by atoms with van der Waals surface area (Å²) >= 11 is 0. The minimum atomic E-state index is -1.29. The summed E-state index contributed by atoms with van der Waals surface area (Å²) in [6, 6.07) is 11.9. The number of aliphatic hydroxyl groups is 1. The van der Waals surface area contributed by atoms with E-state index in [1.54, 1.807) is 13.8 Å². The van der Waals surface area contributed by atoms with Crippen LogP contribution in [0, 0.1) is 11.3 Å². The molecule has 2 aromatic carbocycles. The van der Waals surface area contributed by atoms with Gasteiger partial charge in [-0.1, -0.05) is 65.0 Å². The molecule has 1 spiro atoms. The van der Waals surface area contributed by atoms with Crippen LogP contribution in [0.1, 0.15) is 85.9 Å². The van der Waals surface area contributed by atoms with E-state index in [1.165, 1.54) is 13.4 Å². The molecule has 0 aliphatic carbocycles. The molecular formula is C36H39N5O8. The number of aryl methyl sites for hydroxylation is 1. The number of ether oxygens (including phenoxy) is 2. The second-order valence-electron chi connectivity index (χ2n) is 14.2. The van der Waals surface area contributed by atoms with Gasteiger partial charge in [0.1, 0.15) is 35.6 Å². The lowest BCUT2D eigenvalue weighted by Crippen LogP contribution is -2.52. The summed E-state index contributed by atoms with van der Waals surface area (Å²) < 4.78 is 24.2. The number of hydrogen-bond donors (Lipinski definition) is 4. The van der Waals surface area contributed by atoms with Crippen molar-refractivity contribution in [3.05, 3.63) is 82.8 Å². The van der Waals surface area contributed by atoms with Gasteiger partial charge < -0.3 is 39.4 Å². The molecule has 256 valence electrons. The van der Waals surface area contributed by atoms with Crippen LogP contribution in [-0.4, -0.2) is 58.3 Å². The molecule has 13 nitrogen and oxygen atoms in total. The maximum absolute atomic E-state index is 14.1. The van der Waals surface area contributed by atoms with Crippen molar-refractivity contribution in [3.8, 4) is 17.3 Å². The summed E-state index contributed by atoms with van der Waals surface area (Å²) in [6.45, 7) is 9.27. The summed E-state index contributed by atoms with van der Waals surface area (Å²) in [6.07, 6.45) is -0.0468. The number of hydrogen-bond acceptors (Lipinski definition) is 11. The summed E-state index contributed by atoms with van der Waals surface area (Å²) in [5.74, 6) is -0.944. The fourth-order valence-electron chi connectivity index (χ4n) is 6.87. The highest BCUT2D eigenvalue weighted by Crippen LogP contribution is 2.59. The standard InChI is InChI=1S/C36H39N5O8/c1-17(2)26(42)30(44)37-22-13-11-18-12-14-24-20(15-18)36(19-9-7-8-10-21(19)39-34(36)48-24)28-25(31-38-23(16-47-31)33(45)46-6)40-32(49-28)27(35(3,4)5)41-29(22)43/h7-10,12,14-17,22,26-27,34,39,42H,11,13H2,1-6H3,(H,37,44)(H,41,43)/t22?,26-,27?,34?,36?/m0/s1. The van der Waals surface area contributed by atoms with Crippen LogP contribution < -0.4 is 20.7 Å². The van der Waals surface area contributed by atoms with Crippen molar-refractivity contribution in [2.24, 2.45) is 11.3 Å². The number of amides is 2. The Bertz CT molecular complexity index is 1960. The van der Waals surface area contributed by atoms with Gasteiger partial charge in [0.2, 0.25) is 23.6 Å². The smallest absolute Gasteiger partial charge is 0.360 e. The Labute approximate surface area is 282 Å². The molecule has 2 amide bonds. The molecule has 13 heteroatoms. The molecule has 49 heavy (non-hydrogen) atoms. The van der Waals surface area contributed by atoms with E-state index in [0.717, 1.165) is 22.4 Å². The molecule has 4 unspecified atom stereocenters. The highest BCUT2D eigenvalue weighted by molar-refractivity contribution is 5.90. The van der Waals surface area contributed by atoms with Crippen LogP contribution in [0.3, 0.4) is 0 Å². The minimum Gasteiger partial charge on any atom is -0.469 e. The first-order valence-electron chi connectivity index (χ1n) is 16.3. The molecule has 0 saturated carbocycles. The van der Waals surface area contributed by atoms with Gasteiger partial charge in [0.05, 0.1) is 7.11 Å². The van der Waals surface area contributed by atoms with Crippen LogP contribution in [0.15, 0.2) is 57.6 Å². The highest BCUT2D eigenvalue weighted by Gasteiger charge is 2.61. The fourth-order valence-corrected chi connectivity index (χ4v) is 6.87. The maximum Gasteiger partial charge on any atom is 0.360 e. The maximum atomic E-state index is 14.1. The number of carbonyl (C=O) groups excluding carboxylic acids is 3. The Balaban J connectivity index is 1.47. The van der Waals surface area contributed by atoms with Crippen LogP contribution in [0.2, 0.25) is 0 Å². The first kappa shape index (κ1) is 32.4. The number of nitrogens with one attached hydrogen (secondary N) is 3. The molecule has 0 saturated heterocycles. The van der Waals surface area contributed by atoms with Gasteiger partial charge in [-0.05, 0) is 47.4 Å². The van der Waals surface area contributed by atoms with Gasteiger partial charge >= 0.3 is 5.97 Å². The third-order valence-corrected chi connectivity index (χ3v) is 9.50. The van der Waals surface area contributed by atoms with E-state index in [0.29, 0.717) is 17.9 Å². The molecule has 4 aromatic rings. The van der Waals surface area contributed by atoms with Crippen molar-refractivity contribution >= 4 is 23.5 Å². The summed E-state index contributed by atoms with van der Waals surface area (Å²) in [4.78, 5) is 49.0. The first-order chi connectivity index (χ1) is 23.3. The number of anilines is 1. The van der Waals surface area contributed by atoms with Gasteiger partial charge in [-0.15, -0.1) is 0 Å². The molecule has 4 bridgehead atoms. The molecule has 5 atom stereocenters. The number of benzene rings is 2. The number of fused-ring (bicyclic) bond motifs is 4. The van der Waals surface area contributed by atoms with E-state index >= 15 is 0 Å². The van der Waals surface area contributed by atoms with Crippen molar-refractivity contribution < 1.29 is 37.8 Å². The van der Waals surface area contributed by atoms with Crippen molar-refractivity contribution in [1.82, 2.24) is 20.6 Å². The first-order valence-corrected chi connectivity index (χ1v) is 16.3. The molecule has 2 aromatic heterocycles. The fraction of sp³-hybridized carbons (Fsp3) is 0.417. The SMILES string of the molecule is COC(=O)c1coc(-c2nc3oc2C24c5ccccc5NC2Oc2ccc(cc24)CCC(NC(=O)[C@@H](O)C(C)C)C(=O)NC3C(C)(C)C)n1. The van der Waals surface area contributed by atoms with Crippen molar-refractivity contribution in [1.29, 1.82) is 0 Å². The van der Waals surface area contributed by atoms with Crippen LogP contribution >= 0.6 is 0 Å². The zero-order chi connectivity index (χ0) is 34.8. The average Bonchev–Trinajstić information content (AvgIpc) is 3.84. The van der Waals surface area contributed by atoms with Crippen molar-refractivity contribution in [3.63, 3.8) is 0 Å². The van der Waals surface area contributed by atoms with Gasteiger partial charge in [0, 0.05) is 11.3 Å². The minimum absolute atomic E-state index is 0.0198. The number of aromatic nitrogens is 2. The second kappa shape index (κ2) is 11.8. The summed E-state index contributed by atoms with van der Waals surface area (Å²) in [5.41, 5.74) is 1.85. The van der Waals surface area contributed by atoms with Crippen LogP contribution in [0.25, 0.3) is 11.6 Å². The molecule has 4 N–H and O–H groups in total. The predicted molar refractivity (Wildman–Crippen MR) is 176 cm³/mol. The predicted octanol–water partition coefficient (Wildman–Crippen LogP) is 4.25. The van der Waals surface area contributed by atoms with E-state index in [4.69, 9.17) is 23.3 Å². The Kier molecular flexibility index (Phi) is 7.77. The van der Waals surface area contributed by atoms with Crippen molar-refractivity contribution in [2.45, 2.75) is 77.3 Å². The van der Waals surface area contributed by atoms with Crippen LogP contribution in [0.4, 0.5) is 5.69 Å². The number of carbonyl (C=O) groups is 3. The van der Waals surface area contributed by atoms with Crippen LogP contribution in [0.5, 0.6) is 5.75 Å². The summed E-state index contributed by atoms with van der Waals surface area (Å²) in [5, 5.41) is 19.9. The molecule has 0 radical (unpaired) electrons. The molecule has 5 heterocycles.